The number of hydrogen-bond acceptors (Lipinski definition) is 2. The van der Waals surface area contributed by atoms with Gasteiger partial charge in [0.1, 0.15) is 0 Å². The lowest BCUT2D eigenvalue weighted by atomic mass is 10.0. The summed E-state index contributed by atoms with van der Waals surface area (Å²) < 4.78 is 12.4. The highest BCUT2D eigenvalue weighted by Crippen LogP contribution is 2.25. The molecule has 0 unspecified atom stereocenters. The highest BCUT2D eigenvalue weighted by atomic mass is 16.5. The van der Waals surface area contributed by atoms with Crippen LogP contribution in [0.25, 0.3) is 0 Å². The lowest BCUT2D eigenvalue weighted by Gasteiger charge is -2.09. The lowest BCUT2D eigenvalue weighted by Crippen LogP contribution is -2.22. The fourth-order valence-corrected chi connectivity index (χ4v) is 1.13. The first-order chi connectivity index (χ1) is 4.66. The molecule has 54 valence electrons. The van der Waals surface area contributed by atoms with Crippen LogP contribution in [-0.4, -0.2) is 23.4 Å². The van der Waals surface area contributed by atoms with Gasteiger partial charge in [-0.1, -0.05) is 6.92 Å². The summed E-state index contributed by atoms with van der Waals surface area (Å²) in [4.78, 5) is 0. The fraction of sp³-hybridized carbons (Fsp3) is 1.00. The molecule has 1 N–H and O–H groups in total. The van der Waals surface area contributed by atoms with Gasteiger partial charge in [0, 0.05) is 7.29 Å². The van der Waals surface area contributed by atoms with Crippen LogP contribution in [0.15, 0.2) is 0 Å². The Kier molecular flexibility index (Phi) is 1.44. The predicted octanol–water partition coefficient (Wildman–Crippen LogP) is 0.791. The minimum atomic E-state index is -0.379. The van der Waals surface area contributed by atoms with Crippen molar-refractivity contribution in [1.82, 2.24) is 0 Å². The van der Waals surface area contributed by atoms with E-state index in [1.165, 1.54) is 0 Å². The molecule has 1 rings (SSSR count). The predicted molar refractivity (Wildman–Crippen MR) is 35.2 cm³/mol. The number of aliphatic hydroxyl groups excluding tert-OH is 1. The van der Waals surface area contributed by atoms with Crippen LogP contribution in [0.1, 0.15) is 22.1 Å². The zero-order chi connectivity index (χ0) is 7.72. The summed E-state index contributed by atoms with van der Waals surface area (Å²) in [6.45, 7) is 4.02. The van der Waals surface area contributed by atoms with Gasteiger partial charge in [0.05, 0.1) is 18.3 Å². The molecule has 1 saturated heterocycles. The lowest BCUT2D eigenvalue weighted by molar-refractivity contribution is 0.0287. The van der Waals surface area contributed by atoms with Crippen molar-refractivity contribution in [2.45, 2.75) is 39.1 Å². The second-order valence-corrected chi connectivity index (χ2v) is 2.73. The van der Waals surface area contributed by atoms with Crippen LogP contribution in [0.5, 0.6) is 0 Å². The number of hydrogen-bond donors (Lipinski definition) is 1. The maximum Gasteiger partial charge on any atom is 0.0849 e. The molecule has 1 heterocycles. The van der Waals surface area contributed by atoms with E-state index in [1.54, 1.807) is 0 Å². The fourth-order valence-electron chi connectivity index (χ4n) is 1.13. The summed E-state index contributed by atoms with van der Waals surface area (Å²) in [5.74, 6) is 0.118. The van der Waals surface area contributed by atoms with Gasteiger partial charge in [0.15, 0.2) is 0 Å². The van der Waals surface area contributed by atoms with E-state index in [9.17, 15) is 5.11 Å². The van der Waals surface area contributed by atoms with Crippen molar-refractivity contribution in [3.63, 3.8) is 0 Å². The first kappa shape index (κ1) is 5.69. The molecule has 0 saturated carbocycles. The zero-order valence-corrected chi connectivity index (χ0v) is 5.87. The van der Waals surface area contributed by atoms with E-state index in [2.05, 4.69) is 0 Å². The van der Waals surface area contributed by atoms with Crippen LogP contribution in [-0.2, 0) is 4.74 Å². The molecule has 0 amide bonds. The molecule has 0 aromatic heterocycles. The molecular weight excluding hydrogens is 116 g/mol. The molecule has 0 spiro atoms. The van der Waals surface area contributed by atoms with Crippen molar-refractivity contribution in [2.75, 3.05) is 0 Å². The Balaban J connectivity index is 2.53. The monoisotopic (exact) mass is 131 g/mol. The molecule has 0 aliphatic carbocycles. The maximum atomic E-state index is 9.36. The van der Waals surface area contributed by atoms with Gasteiger partial charge in [0.2, 0.25) is 0 Å². The van der Waals surface area contributed by atoms with E-state index < -0.39 is 0 Å². The highest BCUT2D eigenvalue weighted by molar-refractivity contribution is 4.82. The summed E-state index contributed by atoms with van der Waals surface area (Å²) in [7, 11) is 0. The molecule has 9 heavy (non-hydrogen) atoms. The normalized spacial score (nSPS) is 53.4. The Morgan fingerprint density at radius 2 is 2.11 bits per heavy atom. The van der Waals surface area contributed by atoms with Gasteiger partial charge >= 0.3 is 0 Å². The van der Waals surface area contributed by atoms with Gasteiger partial charge in [-0.3, -0.25) is 0 Å². The quantitative estimate of drug-likeness (QED) is 0.526. The topological polar surface area (TPSA) is 29.5 Å². The standard InChI is InChI=1S/C7H14O2/c1-4-5(2)9-6(3)7(4)8/h4-8H,1-3H3/t4-,5-,6+,7+/m1/s1/i2D. The van der Waals surface area contributed by atoms with Crippen molar-refractivity contribution in [3.8, 4) is 0 Å². The molecule has 1 aliphatic rings. The largest absolute Gasteiger partial charge is 0.390 e. The van der Waals surface area contributed by atoms with Crippen LogP contribution < -0.4 is 0 Å². The average Bonchev–Trinajstić information content (AvgIpc) is 2.17. The summed E-state index contributed by atoms with van der Waals surface area (Å²) in [6.07, 6.45) is -0.536. The van der Waals surface area contributed by atoms with Gasteiger partial charge in [-0.15, -0.1) is 0 Å². The number of rotatable bonds is 0. The van der Waals surface area contributed by atoms with Crippen LogP contribution in [0, 0.1) is 5.92 Å². The van der Waals surface area contributed by atoms with E-state index in [0.29, 0.717) is 0 Å². The maximum absolute atomic E-state index is 9.36. The summed E-state index contributed by atoms with van der Waals surface area (Å²) >= 11 is 0. The summed E-state index contributed by atoms with van der Waals surface area (Å²) in [5.41, 5.74) is 0. The van der Waals surface area contributed by atoms with E-state index in [1.807, 2.05) is 13.8 Å². The molecule has 0 aromatic rings. The Bertz CT molecular complexity index is 118. The van der Waals surface area contributed by atoms with Crippen molar-refractivity contribution >= 4 is 0 Å². The van der Waals surface area contributed by atoms with E-state index >= 15 is 0 Å². The van der Waals surface area contributed by atoms with Crippen molar-refractivity contribution in [2.24, 2.45) is 5.92 Å². The Morgan fingerprint density at radius 1 is 1.44 bits per heavy atom. The van der Waals surface area contributed by atoms with Crippen LogP contribution >= 0.6 is 0 Å². The van der Waals surface area contributed by atoms with Gasteiger partial charge in [-0.05, 0) is 13.8 Å². The molecule has 1 aliphatic heterocycles. The van der Waals surface area contributed by atoms with E-state index in [4.69, 9.17) is 6.11 Å². The van der Waals surface area contributed by atoms with Crippen LogP contribution in [0.4, 0.5) is 0 Å². The molecule has 1 fully saturated rings. The molecule has 0 aromatic carbocycles. The second-order valence-electron chi connectivity index (χ2n) is 2.73. The Morgan fingerprint density at radius 3 is 2.33 bits per heavy atom. The van der Waals surface area contributed by atoms with Crippen LogP contribution in [0.3, 0.4) is 0 Å². The number of aliphatic hydroxyl groups is 1. The first-order valence-electron chi connectivity index (χ1n) is 4.00. The summed E-state index contributed by atoms with van der Waals surface area (Å²) in [5, 5.41) is 9.36. The smallest absolute Gasteiger partial charge is 0.0849 e. The molecule has 4 atom stereocenters. The SMILES string of the molecule is [2H]C[C@H]1O[C@@H](C)[C@@H](O)[C@@H]1C. The third kappa shape index (κ3) is 1.10. The third-order valence-electron chi connectivity index (χ3n) is 2.00. The Hall–Kier alpha value is -0.0800. The van der Waals surface area contributed by atoms with Crippen LogP contribution in [0.2, 0.25) is 0 Å². The van der Waals surface area contributed by atoms with Gasteiger partial charge in [0.25, 0.3) is 0 Å². The summed E-state index contributed by atoms with van der Waals surface area (Å²) in [6, 6.07) is 0. The molecular formula is C7H14O2. The van der Waals surface area contributed by atoms with Gasteiger partial charge < -0.3 is 9.84 Å². The minimum absolute atomic E-state index is 0.0648. The van der Waals surface area contributed by atoms with Crippen molar-refractivity contribution in [1.29, 1.82) is 0 Å². The average molecular weight is 131 g/mol. The van der Waals surface area contributed by atoms with E-state index in [0.717, 1.165) is 0 Å². The van der Waals surface area contributed by atoms with Crippen molar-refractivity contribution < 1.29 is 11.2 Å². The van der Waals surface area contributed by atoms with Crippen molar-refractivity contribution in [3.05, 3.63) is 0 Å². The Labute approximate surface area is 57.2 Å². The number of ether oxygens (including phenoxy) is 1. The first-order valence-corrected chi connectivity index (χ1v) is 3.29. The second kappa shape index (κ2) is 2.27. The minimum Gasteiger partial charge on any atom is -0.390 e. The highest BCUT2D eigenvalue weighted by Gasteiger charge is 2.34. The molecule has 0 radical (unpaired) electrons. The third-order valence-corrected chi connectivity index (χ3v) is 2.00. The van der Waals surface area contributed by atoms with Gasteiger partial charge in [-0.25, -0.2) is 0 Å². The molecule has 2 heteroatoms. The van der Waals surface area contributed by atoms with Gasteiger partial charge in [-0.2, -0.15) is 0 Å². The zero-order valence-electron chi connectivity index (χ0n) is 6.87. The molecule has 0 bridgehead atoms. The molecule has 2 nitrogen and oxygen atoms in total. The van der Waals surface area contributed by atoms with E-state index in [-0.39, 0.29) is 31.1 Å².